The summed E-state index contributed by atoms with van der Waals surface area (Å²) < 4.78 is 15.1. The number of amides is 3. The van der Waals surface area contributed by atoms with Crippen LogP contribution in [-0.2, 0) is 4.79 Å². The highest BCUT2D eigenvalue weighted by Crippen LogP contribution is 2.28. The molecular formula is C21H26FN5O2. The van der Waals surface area contributed by atoms with Crippen LogP contribution in [0.2, 0.25) is 0 Å². The van der Waals surface area contributed by atoms with Gasteiger partial charge >= 0.3 is 6.03 Å². The third-order valence-electron chi connectivity index (χ3n) is 5.20. The highest BCUT2D eigenvalue weighted by atomic mass is 19.1. The highest BCUT2D eigenvalue weighted by molar-refractivity contribution is 5.99. The fourth-order valence-electron chi connectivity index (χ4n) is 3.42. The van der Waals surface area contributed by atoms with Gasteiger partial charge in [-0.1, -0.05) is 12.1 Å². The molecular weight excluding hydrogens is 373 g/mol. The number of nitrogens with zero attached hydrogens (tertiary/aromatic N) is 3. The van der Waals surface area contributed by atoms with E-state index in [0.717, 1.165) is 5.69 Å². The minimum Gasteiger partial charge on any atom is -0.340 e. The number of nitrogens with one attached hydrogen (secondary N) is 2. The predicted molar refractivity (Wildman–Crippen MR) is 110 cm³/mol. The number of pyridine rings is 1. The fraction of sp³-hybridized carbons (Fsp3) is 0.381. The number of rotatable bonds is 4. The molecule has 1 aromatic heterocycles. The molecule has 2 heterocycles. The third-order valence-corrected chi connectivity index (χ3v) is 5.20. The van der Waals surface area contributed by atoms with Gasteiger partial charge in [-0.2, -0.15) is 0 Å². The Hall–Kier alpha value is -3.00. The van der Waals surface area contributed by atoms with E-state index in [0.29, 0.717) is 37.4 Å². The summed E-state index contributed by atoms with van der Waals surface area (Å²) in [5.41, 5.74) is 2.00. The number of piperazine rings is 1. The Morgan fingerprint density at radius 2 is 1.83 bits per heavy atom. The molecule has 1 aromatic carbocycles. The Morgan fingerprint density at radius 1 is 1.10 bits per heavy atom. The molecule has 2 aromatic rings. The van der Waals surface area contributed by atoms with E-state index in [1.807, 2.05) is 13.8 Å². The SMILES string of the molecule is CC(=O)N1CCN([C@@H](C)c2cccc(NC(=O)Nc3ccc(C)nc3)c2F)CC1. The molecule has 0 unspecified atom stereocenters. The van der Waals surface area contributed by atoms with E-state index in [2.05, 4.69) is 20.5 Å². The molecule has 3 amide bonds. The number of aryl methyl sites for hydroxylation is 1. The van der Waals surface area contributed by atoms with E-state index >= 15 is 4.39 Å². The Morgan fingerprint density at radius 3 is 2.45 bits per heavy atom. The van der Waals surface area contributed by atoms with Crippen LogP contribution in [0.4, 0.5) is 20.6 Å². The monoisotopic (exact) mass is 399 g/mol. The van der Waals surface area contributed by atoms with Crippen molar-refractivity contribution in [3.63, 3.8) is 0 Å². The molecule has 1 aliphatic heterocycles. The molecule has 29 heavy (non-hydrogen) atoms. The molecule has 8 heteroatoms. The topological polar surface area (TPSA) is 77.6 Å². The summed E-state index contributed by atoms with van der Waals surface area (Å²) >= 11 is 0. The quantitative estimate of drug-likeness (QED) is 0.826. The zero-order chi connectivity index (χ0) is 21.0. The third kappa shape index (κ3) is 5.08. The molecule has 0 aliphatic carbocycles. The largest absolute Gasteiger partial charge is 0.340 e. The van der Waals surface area contributed by atoms with E-state index in [1.54, 1.807) is 42.3 Å². The first kappa shape index (κ1) is 20.7. The Balaban J connectivity index is 1.66. The number of carbonyl (C=O) groups is 2. The Bertz CT molecular complexity index is 879. The van der Waals surface area contributed by atoms with Crippen molar-refractivity contribution in [3.05, 3.63) is 53.6 Å². The summed E-state index contributed by atoms with van der Waals surface area (Å²) in [4.78, 5) is 31.8. The van der Waals surface area contributed by atoms with E-state index < -0.39 is 11.8 Å². The Kier molecular flexibility index (Phi) is 6.43. The van der Waals surface area contributed by atoms with Gasteiger partial charge in [0.25, 0.3) is 0 Å². The maximum absolute atomic E-state index is 15.1. The van der Waals surface area contributed by atoms with Gasteiger partial charge in [-0.25, -0.2) is 9.18 Å². The lowest BCUT2D eigenvalue weighted by Gasteiger charge is -2.38. The molecule has 0 saturated carbocycles. The van der Waals surface area contributed by atoms with Gasteiger partial charge in [0.15, 0.2) is 5.82 Å². The minimum absolute atomic E-state index is 0.0597. The fourth-order valence-corrected chi connectivity index (χ4v) is 3.42. The lowest BCUT2D eigenvalue weighted by atomic mass is 10.0. The second-order valence-corrected chi connectivity index (χ2v) is 7.19. The molecule has 7 nitrogen and oxygen atoms in total. The predicted octanol–water partition coefficient (Wildman–Crippen LogP) is 3.40. The maximum atomic E-state index is 15.1. The number of hydrogen-bond donors (Lipinski definition) is 2. The van der Waals surface area contributed by atoms with Gasteiger partial charge in [0.1, 0.15) is 0 Å². The molecule has 1 saturated heterocycles. The van der Waals surface area contributed by atoms with Crippen LogP contribution in [0.15, 0.2) is 36.5 Å². The normalized spacial score (nSPS) is 15.7. The summed E-state index contributed by atoms with van der Waals surface area (Å²) in [6, 6.07) is 7.80. The zero-order valence-electron chi connectivity index (χ0n) is 16.9. The van der Waals surface area contributed by atoms with Gasteiger partial charge < -0.3 is 15.5 Å². The summed E-state index contributed by atoms with van der Waals surface area (Å²) in [7, 11) is 0. The standard InChI is InChI=1S/C21H26FN5O2/c1-14-7-8-17(13-23-14)24-21(29)25-19-6-4-5-18(20(19)22)15(2)26-9-11-27(12-10-26)16(3)28/h4-8,13,15H,9-12H2,1-3H3,(H2,24,25,29)/t15-/m0/s1. The summed E-state index contributed by atoms with van der Waals surface area (Å²) in [5, 5.41) is 5.21. The first-order valence-electron chi connectivity index (χ1n) is 9.64. The van der Waals surface area contributed by atoms with Gasteiger partial charge in [0, 0.05) is 50.4 Å². The van der Waals surface area contributed by atoms with Crippen molar-refractivity contribution in [1.82, 2.24) is 14.8 Å². The lowest BCUT2D eigenvalue weighted by molar-refractivity contribution is -0.130. The van der Waals surface area contributed by atoms with Crippen LogP contribution in [0.25, 0.3) is 0 Å². The average molecular weight is 399 g/mol. The molecule has 154 valence electrons. The molecule has 3 rings (SSSR count). The molecule has 1 fully saturated rings. The number of urea groups is 1. The van der Waals surface area contributed by atoms with Crippen LogP contribution in [0.3, 0.4) is 0 Å². The summed E-state index contributed by atoms with van der Waals surface area (Å²) in [6.07, 6.45) is 1.55. The number of aromatic nitrogens is 1. The molecule has 0 radical (unpaired) electrons. The van der Waals surface area contributed by atoms with Gasteiger partial charge in [0.2, 0.25) is 5.91 Å². The average Bonchev–Trinajstić information content (AvgIpc) is 2.71. The second kappa shape index (κ2) is 9.00. The Labute approximate surface area is 169 Å². The number of anilines is 2. The molecule has 1 aliphatic rings. The van der Waals surface area contributed by atoms with Crippen LogP contribution >= 0.6 is 0 Å². The maximum Gasteiger partial charge on any atom is 0.323 e. The van der Waals surface area contributed by atoms with Gasteiger partial charge in [-0.05, 0) is 32.0 Å². The van der Waals surface area contributed by atoms with Crippen LogP contribution in [0.1, 0.15) is 31.1 Å². The molecule has 2 N–H and O–H groups in total. The molecule has 0 spiro atoms. The van der Waals surface area contributed by atoms with E-state index in [9.17, 15) is 9.59 Å². The van der Waals surface area contributed by atoms with Crippen molar-refractivity contribution in [2.45, 2.75) is 26.8 Å². The van der Waals surface area contributed by atoms with Crippen LogP contribution in [0.5, 0.6) is 0 Å². The van der Waals surface area contributed by atoms with Crippen molar-refractivity contribution in [3.8, 4) is 0 Å². The summed E-state index contributed by atoms with van der Waals surface area (Å²) in [6.45, 7) is 7.97. The molecule has 1 atom stereocenters. The van der Waals surface area contributed by atoms with Crippen LogP contribution in [0, 0.1) is 12.7 Å². The second-order valence-electron chi connectivity index (χ2n) is 7.19. The first-order valence-corrected chi connectivity index (χ1v) is 9.64. The highest BCUT2D eigenvalue weighted by Gasteiger charge is 2.25. The summed E-state index contributed by atoms with van der Waals surface area (Å²) in [5.74, 6) is -0.393. The smallest absolute Gasteiger partial charge is 0.323 e. The van der Waals surface area contributed by atoms with E-state index in [-0.39, 0.29) is 17.6 Å². The lowest BCUT2D eigenvalue weighted by Crippen LogP contribution is -2.48. The van der Waals surface area contributed by atoms with Gasteiger partial charge in [0.05, 0.1) is 17.6 Å². The first-order chi connectivity index (χ1) is 13.8. The van der Waals surface area contributed by atoms with E-state index in [1.165, 1.54) is 6.07 Å². The van der Waals surface area contributed by atoms with Crippen molar-refractivity contribution in [2.24, 2.45) is 0 Å². The van der Waals surface area contributed by atoms with Crippen molar-refractivity contribution < 1.29 is 14.0 Å². The van der Waals surface area contributed by atoms with Crippen molar-refractivity contribution in [1.29, 1.82) is 0 Å². The number of benzene rings is 1. The number of halogens is 1. The number of carbonyl (C=O) groups excluding carboxylic acids is 2. The number of hydrogen-bond acceptors (Lipinski definition) is 4. The van der Waals surface area contributed by atoms with E-state index in [4.69, 9.17) is 0 Å². The van der Waals surface area contributed by atoms with Gasteiger partial charge in [-0.3, -0.25) is 14.7 Å². The van der Waals surface area contributed by atoms with Crippen molar-refractivity contribution in [2.75, 3.05) is 36.8 Å². The molecule has 0 bridgehead atoms. The van der Waals surface area contributed by atoms with Crippen LogP contribution < -0.4 is 10.6 Å². The van der Waals surface area contributed by atoms with Gasteiger partial charge in [-0.15, -0.1) is 0 Å². The minimum atomic E-state index is -0.533. The zero-order valence-corrected chi connectivity index (χ0v) is 16.9. The van der Waals surface area contributed by atoms with Crippen LogP contribution in [-0.4, -0.2) is 52.9 Å². The van der Waals surface area contributed by atoms with Crippen molar-refractivity contribution >= 4 is 23.3 Å².